The molecule has 1 unspecified atom stereocenters. The maximum absolute atomic E-state index is 12.0. The van der Waals surface area contributed by atoms with Crippen molar-refractivity contribution in [3.05, 3.63) is 23.8 Å². The molecule has 1 saturated heterocycles. The number of nitrogens with one attached hydrogen (secondary N) is 1. The smallest absolute Gasteiger partial charge is 0.317 e. The summed E-state index contributed by atoms with van der Waals surface area (Å²) in [7, 11) is 0. The maximum Gasteiger partial charge on any atom is 0.317 e. The number of aliphatic carboxylic acids is 1. The fraction of sp³-hybridized carbons (Fsp3) is 0.538. The molecule has 1 fully saturated rings. The van der Waals surface area contributed by atoms with Crippen LogP contribution in [0.1, 0.15) is 24.9 Å². The quantitative estimate of drug-likeness (QED) is 0.852. The van der Waals surface area contributed by atoms with Crippen LogP contribution in [0.25, 0.3) is 0 Å². The number of carbonyl (C=O) groups is 2. The van der Waals surface area contributed by atoms with E-state index in [4.69, 9.17) is 5.11 Å². The Bertz CT molecular complexity index is 534. The highest BCUT2D eigenvalue weighted by Gasteiger charge is 2.42. The molecule has 0 radical (unpaired) electrons. The second-order valence-corrected chi connectivity index (χ2v) is 5.29. The Morgan fingerprint density at radius 2 is 2.30 bits per heavy atom. The van der Waals surface area contributed by atoms with Crippen molar-refractivity contribution < 1.29 is 14.7 Å². The molecule has 0 aliphatic carbocycles. The molecule has 1 aromatic rings. The molecule has 0 bridgehead atoms. The van der Waals surface area contributed by atoms with E-state index in [-0.39, 0.29) is 12.6 Å². The summed E-state index contributed by atoms with van der Waals surface area (Å²) in [5.41, 5.74) is -0.117. The maximum atomic E-state index is 12.0. The zero-order chi connectivity index (χ0) is 14.8. The summed E-state index contributed by atoms with van der Waals surface area (Å²) in [5, 5.41) is 11.9. The van der Waals surface area contributed by atoms with Gasteiger partial charge in [0.15, 0.2) is 0 Å². The first-order valence-electron chi connectivity index (χ1n) is 6.45. The first-order chi connectivity index (χ1) is 9.40. The van der Waals surface area contributed by atoms with Gasteiger partial charge in [-0.05, 0) is 26.3 Å². The van der Waals surface area contributed by atoms with Gasteiger partial charge in [-0.3, -0.25) is 4.79 Å². The zero-order valence-corrected chi connectivity index (χ0v) is 11.6. The van der Waals surface area contributed by atoms with E-state index in [9.17, 15) is 9.59 Å². The van der Waals surface area contributed by atoms with E-state index in [1.54, 1.807) is 26.1 Å². The zero-order valence-electron chi connectivity index (χ0n) is 11.6. The van der Waals surface area contributed by atoms with Crippen LogP contribution in [0.2, 0.25) is 0 Å². The summed E-state index contributed by atoms with van der Waals surface area (Å²) < 4.78 is 0. The summed E-state index contributed by atoms with van der Waals surface area (Å²) in [5.74, 6) is -0.212. The SMILES string of the molecule is Cc1nccc(CNC(=O)N2CCC(C)(C(=O)O)C2)n1. The molecule has 2 amide bonds. The fourth-order valence-electron chi connectivity index (χ4n) is 2.19. The average Bonchev–Trinajstić information content (AvgIpc) is 2.80. The topological polar surface area (TPSA) is 95.4 Å². The van der Waals surface area contributed by atoms with Gasteiger partial charge in [-0.15, -0.1) is 0 Å². The Morgan fingerprint density at radius 3 is 2.90 bits per heavy atom. The van der Waals surface area contributed by atoms with Gasteiger partial charge in [0.25, 0.3) is 0 Å². The summed E-state index contributed by atoms with van der Waals surface area (Å²) >= 11 is 0. The fourth-order valence-corrected chi connectivity index (χ4v) is 2.19. The molecule has 1 atom stereocenters. The average molecular weight is 278 g/mol. The van der Waals surface area contributed by atoms with E-state index in [1.165, 1.54) is 4.90 Å². The van der Waals surface area contributed by atoms with Crippen LogP contribution in [0.5, 0.6) is 0 Å². The number of carbonyl (C=O) groups excluding carboxylic acids is 1. The normalized spacial score (nSPS) is 21.8. The molecular weight excluding hydrogens is 260 g/mol. The molecule has 0 aromatic carbocycles. The number of nitrogens with zero attached hydrogens (tertiary/aromatic N) is 3. The summed E-state index contributed by atoms with van der Waals surface area (Å²) in [6, 6.07) is 1.48. The molecule has 1 aliphatic heterocycles. The van der Waals surface area contributed by atoms with Gasteiger partial charge < -0.3 is 15.3 Å². The van der Waals surface area contributed by atoms with Crippen molar-refractivity contribution in [1.82, 2.24) is 20.2 Å². The van der Waals surface area contributed by atoms with Crippen molar-refractivity contribution >= 4 is 12.0 Å². The summed E-state index contributed by atoms with van der Waals surface area (Å²) in [6.45, 7) is 4.44. The number of carboxylic acids is 1. The van der Waals surface area contributed by atoms with Gasteiger partial charge >= 0.3 is 12.0 Å². The van der Waals surface area contributed by atoms with Crippen LogP contribution in [-0.2, 0) is 11.3 Å². The van der Waals surface area contributed by atoms with Crippen LogP contribution in [-0.4, -0.2) is 45.1 Å². The lowest BCUT2D eigenvalue weighted by Gasteiger charge is -2.20. The number of hydrogen-bond donors (Lipinski definition) is 2. The van der Waals surface area contributed by atoms with Gasteiger partial charge in [0, 0.05) is 19.3 Å². The third-order valence-electron chi connectivity index (χ3n) is 3.53. The van der Waals surface area contributed by atoms with Gasteiger partial charge in [-0.25, -0.2) is 14.8 Å². The molecule has 7 nitrogen and oxygen atoms in total. The molecule has 0 saturated carbocycles. The van der Waals surface area contributed by atoms with Gasteiger partial charge in [-0.1, -0.05) is 0 Å². The molecule has 0 spiro atoms. The van der Waals surface area contributed by atoms with Crippen molar-refractivity contribution in [3.63, 3.8) is 0 Å². The first kappa shape index (κ1) is 14.2. The number of amides is 2. The Labute approximate surface area is 117 Å². The molecule has 2 N–H and O–H groups in total. The second-order valence-electron chi connectivity index (χ2n) is 5.29. The predicted molar refractivity (Wildman–Crippen MR) is 70.9 cm³/mol. The van der Waals surface area contributed by atoms with Crippen LogP contribution in [0.15, 0.2) is 12.3 Å². The predicted octanol–water partition coefficient (Wildman–Crippen LogP) is 0.791. The highest BCUT2D eigenvalue weighted by atomic mass is 16.4. The number of hydrogen-bond acceptors (Lipinski definition) is 4. The largest absolute Gasteiger partial charge is 0.481 e. The highest BCUT2D eigenvalue weighted by molar-refractivity contribution is 5.79. The molecular formula is C13H18N4O3. The van der Waals surface area contributed by atoms with E-state index in [2.05, 4.69) is 15.3 Å². The van der Waals surface area contributed by atoms with E-state index in [1.807, 2.05) is 0 Å². The molecule has 7 heteroatoms. The standard InChI is InChI=1S/C13H18N4O3/c1-9-14-5-3-10(16-9)7-15-12(20)17-6-4-13(2,8-17)11(18)19/h3,5H,4,6-8H2,1-2H3,(H,15,20)(H,18,19). The Kier molecular flexibility index (Phi) is 3.87. The van der Waals surface area contributed by atoms with Crippen LogP contribution >= 0.6 is 0 Å². The third kappa shape index (κ3) is 3.04. The number of urea groups is 1. The minimum atomic E-state index is -0.862. The molecule has 1 aromatic heterocycles. The minimum absolute atomic E-state index is 0.233. The minimum Gasteiger partial charge on any atom is -0.481 e. The van der Waals surface area contributed by atoms with Crippen LogP contribution in [0, 0.1) is 12.3 Å². The van der Waals surface area contributed by atoms with Crippen LogP contribution in [0.4, 0.5) is 4.79 Å². The van der Waals surface area contributed by atoms with Crippen LogP contribution in [0.3, 0.4) is 0 Å². The second kappa shape index (κ2) is 5.44. The van der Waals surface area contributed by atoms with Crippen molar-refractivity contribution in [2.45, 2.75) is 26.8 Å². The van der Waals surface area contributed by atoms with Crippen molar-refractivity contribution in [2.24, 2.45) is 5.41 Å². The lowest BCUT2D eigenvalue weighted by molar-refractivity contribution is -0.146. The van der Waals surface area contributed by atoms with Gasteiger partial charge in [0.05, 0.1) is 17.7 Å². The highest BCUT2D eigenvalue weighted by Crippen LogP contribution is 2.29. The Hall–Kier alpha value is -2.18. The number of aryl methyl sites for hydroxylation is 1. The molecule has 2 heterocycles. The van der Waals surface area contributed by atoms with Crippen LogP contribution < -0.4 is 5.32 Å². The number of rotatable bonds is 3. The summed E-state index contributed by atoms with van der Waals surface area (Å²) in [6.07, 6.45) is 2.11. The Balaban J connectivity index is 1.89. The van der Waals surface area contributed by atoms with Crippen molar-refractivity contribution in [1.29, 1.82) is 0 Å². The monoisotopic (exact) mass is 278 g/mol. The first-order valence-corrected chi connectivity index (χ1v) is 6.45. The number of carboxylic acid groups (broad SMARTS) is 1. The molecule has 2 rings (SSSR count). The van der Waals surface area contributed by atoms with Crippen molar-refractivity contribution in [3.8, 4) is 0 Å². The van der Waals surface area contributed by atoms with Gasteiger partial charge in [0.1, 0.15) is 5.82 Å². The van der Waals surface area contributed by atoms with E-state index in [0.717, 1.165) is 5.69 Å². The lowest BCUT2D eigenvalue weighted by Crippen LogP contribution is -2.40. The van der Waals surface area contributed by atoms with E-state index >= 15 is 0 Å². The number of likely N-dealkylation sites (tertiary alicyclic amines) is 1. The van der Waals surface area contributed by atoms with Crippen molar-refractivity contribution in [2.75, 3.05) is 13.1 Å². The molecule has 20 heavy (non-hydrogen) atoms. The van der Waals surface area contributed by atoms with E-state index in [0.29, 0.717) is 25.3 Å². The third-order valence-corrected chi connectivity index (χ3v) is 3.53. The molecule has 1 aliphatic rings. The van der Waals surface area contributed by atoms with Gasteiger partial charge in [-0.2, -0.15) is 0 Å². The van der Waals surface area contributed by atoms with Gasteiger partial charge in [0.2, 0.25) is 0 Å². The Morgan fingerprint density at radius 1 is 1.55 bits per heavy atom. The number of aromatic nitrogens is 2. The molecule has 108 valence electrons. The van der Waals surface area contributed by atoms with E-state index < -0.39 is 11.4 Å². The lowest BCUT2D eigenvalue weighted by atomic mass is 9.90. The summed E-state index contributed by atoms with van der Waals surface area (Å²) in [4.78, 5) is 32.8.